The van der Waals surface area contributed by atoms with E-state index < -0.39 is 17.4 Å². The Hall–Kier alpha value is -1.57. The predicted octanol–water partition coefficient (Wildman–Crippen LogP) is 1.97. The highest BCUT2D eigenvalue weighted by Crippen LogP contribution is 2.27. The Balaban J connectivity index is 5.43. The lowest BCUT2D eigenvalue weighted by molar-refractivity contribution is -0.158. The van der Waals surface area contributed by atoms with Crippen LogP contribution in [0, 0.1) is 22.7 Å². The highest BCUT2D eigenvalue weighted by Gasteiger charge is 2.39. The van der Waals surface area contributed by atoms with Crippen molar-refractivity contribution in [2.45, 2.75) is 47.1 Å². The normalized spacial score (nSPS) is 12.7. The van der Waals surface area contributed by atoms with Gasteiger partial charge in [-0.05, 0) is 11.3 Å². The molecule has 0 fully saturated rings. The fourth-order valence-corrected chi connectivity index (χ4v) is 1.97. The molecule has 0 aromatic heterocycles. The zero-order valence-electron chi connectivity index (χ0n) is 12.7. The standard InChI is InChI=1S/C14H24N2O3/c1-10(2)9-16(11(17)7-8-15)12(13(18)19-6)14(3,4)5/h10,12H,7,9H2,1-6H3. The summed E-state index contributed by atoms with van der Waals surface area (Å²) < 4.78 is 4.81. The molecular weight excluding hydrogens is 244 g/mol. The molecule has 0 aliphatic heterocycles. The zero-order chi connectivity index (χ0) is 15.2. The Kier molecular flexibility index (Phi) is 6.54. The van der Waals surface area contributed by atoms with Crippen molar-refractivity contribution in [1.29, 1.82) is 5.26 Å². The number of carbonyl (C=O) groups is 2. The Morgan fingerprint density at radius 2 is 1.84 bits per heavy atom. The lowest BCUT2D eigenvalue weighted by atomic mass is 9.85. The summed E-state index contributed by atoms with van der Waals surface area (Å²) in [7, 11) is 1.31. The second-order valence-electron chi connectivity index (χ2n) is 6.07. The molecule has 0 rings (SSSR count). The average molecular weight is 268 g/mol. The molecule has 108 valence electrons. The van der Waals surface area contributed by atoms with Crippen LogP contribution in [0.5, 0.6) is 0 Å². The van der Waals surface area contributed by atoms with Crippen molar-refractivity contribution >= 4 is 11.9 Å². The largest absolute Gasteiger partial charge is 0.467 e. The molecule has 0 saturated heterocycles. The number of carbonyl (C=O) groups excluding carboxylic acids is 2. The summed E-state index contributed by atoms with van der Waals surface area (Å²) in [6.07, 6.45) is -0.226. The number of nitrogens with zero attached hydrogens (tertiary/aromatic N) is 2. The van der Waals surface area contributed by atoms with E-state index in [2.05, 4.69) is 0 Å². The van der Waals surface area contributed by atoms with Gasteiger partial charge in [-0.2, -0.15) is 5.26 Å². The van der Waals surface area contributed by atoms with Gasteiger partial charge in [-0.1, -0.05) is 34.6 Å². The molecule has 0 saturated carbocycles. The molecule has 0 heterocycles. The molecule has 1 unspecified atom stereocenters. The number of hydrogen-bond acceptors (Lipinski definition) is 4. The minimum Gasteiger partial charge on any atom is -0.467 e. The monoisotopic (exact) mass is 268 g/mol. The van der Waals surface area contributed by atoms with Gasteiger partial charge >= 0.3 is 5.97 Å². The van der Waals surface area contributed by atoms with E-state index in [4.69, 9.17) is 10.00 Å². The number of nitriles is 1. The first kappa shape index (κ1) is 17.4. The highest BCUT2D eigenvalue weighted by atomic mass is 16.5. The predicted molar refractivity (Wildman–Crippen MR) is 72.0 cm³/mol. The molecule has 0 aliphatic carbocycles. The van der Waals surface area contributed by atoms with Crippen LogP contribution in [0.15, 0.2) is 0 Å². The smallest absolute Gasteiger partial charge is 0.329 e. The van der Waals surface area contributed by atoms with Crippen LogP contribution in [-0.2, 0) is 14.3 Å². The summed E-state index contributed by atoms with van der Waals surface area (Å²) >= 11 is 0. The van der Waals surface area contributed by atoms with E-state index in [-0.39, 0.29) is 18.2 Å². The summed E-state index contributed by atoms with van der Waals surface area (Å²) in [5.74, 6) is -0.571. The maximum Gasteiger partial charge on any atom is 0.329 e. The number of amides is 1. The molecule has 1 amide bonds. The molecule has 19 heavy (non-hydrogen) atoms. The van der Waals surface area contributed by atoms with E-state index in [9.17, 15) is 9.59 Å². The molecular formula is C14H24N2O3. The second kappa shape index (κ2) is 7.13. The van der Waals surface area contributed by atoms with Crippen molar-refractivity contribution < 1.29 is 14.3 Å². The lowest BCUT2D eigenvalue weighted by Gasteiger charge is -2.38. The molecule has 0 N–H and O–H groups in total. The Labute approximate surface area is 115 Å². The molecule has 0 bridgehead atoms. The molecule has 0 aromatic carbocycles. The van der Waals surface area contributed by atoms with Crippen molar-refractivity contribution in [2.75, 3.05) is 13.7 Å². The van der Waals surface area contributed by atoms with Gasteiger partial charge in [-0.15, -0.1) is 0 Å². The third-order valence-corrected chi connectivity index (χ3v) is 2.67. The van der Waals surface area contributed by atoms with Gasteiger partial charge in [-0.3, -0.25) is 4.79 Å². The Morgan fingerprint density at radius 1 is 1.32 bits per heavy atom. The maximum atomic E-state index is 12.1. The van der Waals surface area contributed by atoms with Crippen molar-refractivity contribution in [2.24, 2.45) is 11.3 Å². The van der Waals surface area contributed by atoms with Crippen LogP contribution in [0.4, 0.5) is 0 Å². The Morgan fingerprint density at radius 3 is 2.16 bits per heavy atom. The quantitative estimate of drug-likeness (QED) is 0.715. The highest BCUT2D eigenvalue weighted by molar-refractivity contribution is 5.86. The first-order valence-electron chi connectivity index (χ1n) is 6.39. The first-order chi connectivity index (χ1) is 8.65. The Bertz CT molecular complexity index is 364. The molecule has 0 radical (unpaired) electrons. The van der Waals surface area contributed by atoms with Gasteiger partial charge in [0.05, 0.1) is 13.2 Å². The van der Waals surface area contributed by atoms with Crippen molar-refractivity contribution in [1.82, 2.24) is 4.90 Å². The zero-order valence-corrected chi connectivity index (χ0v) is 12.7. The topological polar surface area (TPSA) is 70.4 Å². The summed E-state index contributed by atoms with van der Waals surface area (Å²) in [5, 5.41) is 8.69. The molecule has 5 heteroatoms. The number of hydrogen-bond donors (Lipinski definition) is 0. The van der Waals surface area contributed by atoms with Crippen LogP contribution >= 0.6 is 0 Å². The number of esters is 1. The minimum absolute atomic E-state index is 0.206. The van der Waals surface area contributed by atoms with E-state index in [1.54, 1.807) is 0 Å². The van der Waals surface area contributed by atoms with E-state index in [1.807, 2.05) is 40.7 Å². The van der Waals surface area contributed by atoms with Crippen LogP contribution in [0.2, 0.25) is 0 Å². The van der Waals surface area contributed by atoms with Crippen molar-refractivity contribution in [3.05, 3.63) is 0 Å². The van der Waals surface area contributed by atoms with Gasteiger partial charge in [0.15, 0.2) is 0 Å². The van der Waals surface area contributed by atoms with Gasteiger partial charge in [0.1, 0.15) is 12.5 Å². The maximum absolute atomic E-state index is 12.1. The average Bonchev–Trinajstić information content (AvgIpc) is 2.25. The minimum atomic E-state index is -0.680. The fraction of sp³-hybridized carbons (Fsp3) is 0.786. The summed E-state index contributed by atoms with van der Waals surface area (Å²) in [4.78, 5) is 25.5. The van der Waals surface area contributed by atoms with E-state index in [1.165, 1.54) is 12.0 Å². The lowest BCUT2D eigenvalue weighted by Crippen LogP contribution is -2.53. The molecule has 0 aromatic rings. The van der Waals surface area contributed by atoms with Gasteiger partial charge in [0.25, 0.3) is 0 Å². The number of ether oxygens (including phenoxy) is 1. The molecule has 5 nitrogen and oxygen atoms in total. The summed E-state index contributed by atoms with van der Waals surface area (Å²) in [6, 6.07) is 1.16. The molecule has 0 spiro atoms. The van der Waals surface area contributed by atoms with Crippen molar-refractivity contribution in [3.63, 3.8) is 0 Å². The molecule has 1 atom stereocenters. The molecule has 0 aliphatic rings. The van der Waals surface area contributed by atoms with E-state index in [0.717, 1.165) is 0 Å². The number of methoxy groups -OCH3 is 1. The van der Waals surface area contributed by atoms with Gasteiger partial charge in [0.2, 0.25) is 5.91 Å². The summed E-state index contributed by atoms with van der Waals surface area (Å²) in [5.41, 5.74) is -0.451. The van der Waals surface area contributed by atoms with Gasteiger partial charge < -0.3 is 9.64 Å². The fourth-order valence-electron chi connectivity index (χ4n) is 1.97. The number of rotatable bonds is 5. The third kappa shape index (κ3) is 5.29. The van der Waals surface area contributed by atoms with Crippen LogP contribution in [0.25, 0.3) is 0 Å². The van der Waals surface area contributed by atoms with E-state index >= 15 is 0 Å². The van der Waals surface area contributed by atoms with Crippen LogP contribution < -0.4 is 0 Å². The second-order valence-corrected chi connectivity index (χ2v) is 6.07. The summed E-state index contributed by atoms with van der Waals surface area (Å²) in [6.45, 7) is 9.98. The van der Waals surface area contributed by atoms with Crippen LogP contribution in [-0.4, -0.2) is 36.5 Å². The van der Waals surface area contributed by atoms with Crippen LogP contribution in [0.1, 0.15) is 41.0 Å². The SMILES string of the molecule is COC(=O)C(N(CC(C)C)C(=O)CC#N)C(C)(C)C. The van der Waals surface area contributed by atoms with Gasteiger partial charge in [0, 0.05) is 6.54 Å². The third-order valence-electron chi connectivity index (χ3n) is 2.67. The van der Waals surface area contributed by atoms with Crippen LogP contribution in [0.3, 0.4) is 0 Å². The van der Waals surface area contributed by atoms with E-state index in [0.29, 0.717) is 6.54 Å². The van der Waals surface area contributed by atoms with Gasteiger partial charge in [-0.25, -0.2) is 4.79 Å². The van der Waals surface area contributed by atoms with Crippen molar-refractivity contribution in [3.8, 4) is 6.07 Å². The first-order valence-corrected chi connectivity index (χ1v) is 6.39.